The summed E-state index contributed by atoms with van der Waals surface area (Å²) in [6.45, 7) is 6.78. The second-order valence-corrected chi connectivity index (χ2v) is 8.56. The fraction of sp³-hybridized carbons (Fsp3) is 0.500. The number of hydrogen-bond donors (Lipinski definition) is 1. The molecule has 1 fully saturated rings. The van der Waals surface area contributed by atoms with Gasteiger partial charge in [-0.1, -0.05) is 12.1 Å². The van der Waals surface area contributed by atoms with Gasteiger partial charge < -0.3 is 24.4 Å². The fourth-order valence-electron chi connectivity index (χ4n) is 4.39. The van der Waals surface area contributed by atoms with Crippen LogP contribution in [0.5, 0.6) is 17.2 Å². The van der Waals surface area contributed by atoms with Crippen molar-refractivity contribution in [2.24, 2.45) is 5.92 Å². The van der Waals surface area contributed by atoms with Crippen molar-refractivity contribution >= 4 is 11.6 Å². The summed E-state index contributed by atoms with van der Waals surface area (Å²) in [4.78, 5) is 14.8. The summed E-state index contributed by atoms with van der Waals surface area (Å²) in [6, 6.07) is 14.0. The van der Waals surface area contributed by atoms with Gasteiger partial charge in [0.2, 0.25) is 5.91 Å². The molecule has 0 aliphatic carbocycles. The van der Waals surface area contributed by atoms with Crippen LogP contribution in [0.2, 0.25) is 0 Å². The van der Waals surface area contributed by atoms with E-state index in [-0.39, 0.29) is 5.91 Å². The maximum atomic E-state index is 12.4. The summed E-state index contributed by atoms with van der Waals surface area (Å²) < 4.78 is 16.6. The highest BCUT2D eigenvalue weighted by Crippen LogP contribution is 2.32. The smallest absolute Gasteiger partial charge is 0.225 e. The van der Waals surface area contributed by atoms with Gasteiger partial charge in [-0.3, -0.25) is 4.79 Å². The maximum Gasteiger partial charge on any atom is 0.225 e. The molecule has 0 bridgehead atoms. The van der Waals surface area contributed by atoms with E-state index in [4.69, 9.17) is 14.2 Å². The molecular formula is C26H34N2O4. The molecule has 2 aromatic rings. The molecular weight excluding hydrogens is 404 g/mol. The Kier molecular flexibility index (Phi) is 7.88. The first kappa shape index (κ1) is 22.5. The Balaban J connectivity index is 1.13. The van der Waals surface area contributed by atoms with Crippen molar-refractivity contribution in [3.05, 3.63) is 48.0 Å². The molecule has 0 atom stereocenters. The number of hydrogen-bond acceptors (Lipinski definition) is 5. The largest absolute Gasteiger partial charge is 0.494 e. The molecule has 0 aromatic heterocycles. The molecule has 0 spiro atoms. The number of anilines is 1. The van der Waals surface area contributed by atoms with Crippen molar-refractivity contribution in [2.45, 2.75) is 39.0 Å². The minimum absolute atomic E-state index is 0.0410. The quantitative estimate of drug-likeness (QED) is 0.623. The molecule has 1 saturated heterocycles. The maximum absolute atomic E-state index is 12.4. The molecule has 2 aliphatic heterocycles. The van der Waals surface area contributed by atoms with Crippen molar-refractivity contribution in [1.29, 1.82) is 0 Å². The molecule has 6 nitrogen and oxygen atoms in total. The summed E-state index contributed by atoms with van der Waals surface area (Å²) in [5.74, 6) is 3.19. The van der Waals surface area contributed by atoms with Crippen LogP contribution in [0.4, 0.5) is 5.69 Å². The van der Waals surface area contributed by atoms with Crippen molar-refractivity contribution in [3.63, 3.8) is 0 Å². The van der Waals surface area contributed by atoms with Gasteiger partial charge in [-0.2, -0.15) is 0 Å². The molecule has 4 rings (SSSR count). The number of carbonyl (C=O) groups excluding carboxylic acids is 1. The highest BCUT2D eigenvalue weighted by Gasteiger charge is 2.20. The number of amides is 1. The summed E-state index contributed by atoms with van der Waals surface area (Å²) in [5, 5.41) is 2.98. The molecule has 0 saturated carbocycles. The molecule has 172 valence electrons. The fourth-order valence-corrected chi connectivity index (χ4v) is 4.39. The van der Waals surface area contributed by atoms with Crippen LogP contribution in [0.25, 0.3) is 0 Å². The van der Waals surface area contributed by atoms with E-state index in [0.717, 1.165) is 49.2 Å². The minimum atomic E-state index is 0.0410. The Morgan fingerprint density at radius 3 is 2.56 bits per heavy atom. The van der Waals surface area contributed by atoms with Gasteiger partial charge >= 0.3 is 0 Å². The number of fused-ring (bicyclic) bond motifs is 1. The Morgan fingerprint density at radius 1 is 1.06 bits per heavy atom. The zero-order valence-electron chi connectivity index (χ0n) is 19.0. The third-order valence-electron chi connectivity index (χ3n) is 6.26. The first-order valence-corrected chi connectivity index (χ1v) is 11.8. The van der Waals surface area contributed by atoms with Crippen LogP contribution in [-0.4, -0.2) is 50.3 Å². The van der Waals surface area contributed by atoms with E-state index < -0.39 is 0 Å². The third-order valence-corrected chi connectivity index (χ3v) is 6.26. The van der Waals surface area contributed by atoms with Gasteiger partial charge in [-0.15, -0.1) is 0 Å². The van der Waals surface area contributed by atoms with Crippen LogP contribution in [-0.2, 0) is 11.2 Å². The van der Waals surface area contributed by atoms with Crippen molar-refractivity contribution in [3.8, 4) is 17.2 Å². The lowest BCUT2D eigenvalue weighted by Gasteiger charge is -2.31. The normalized spacial score (nSPS) is 16.5. The summed E-state index contributed by atoms with van der Waals surface area (Å²) in [5.41, 5.74) is 2.14. The SMILES string of the molecule is CCOc1ccc(CCC2CCN(CCC(=O)Nc3ccc4c(c3)OCCO4)CC2)cc1. The Bertz CT molecular complexity index is 876. The summed E-state index contributed by atoms with van der Waals surface area (Å²) >= 11 is 0. The number of aryl methyl sites for hydroxylation is 1. The van der Waals surface area contributed by atoms with E-state index in [1.54, 1.807) is 0 Å². The Morgan fingerprint density at radius 2 is 1.81 bits per heavy atom. The number of ether oxygens (including phenoxy) is 3. The molecule has 32 heavy (non-hydrogen) atoms. The number of carbonyl (C=O) groups is 1. The second kappa shape index (κ2) is 11.2. The number of nitrogens with one attached hydrogen (secondary N) is 1. The predicted molar refractivity (Wildman–Crippen MR) is 126 cm³/mol. The Labute approximate surface area is 190 Å². The van der Waals surface area contributed by atoms with Gasteiger partial charge in [0.1, 0.15) is 19.0 Å². The van der Waals surface area contributed by atoms with Gasteiger partial charge in [0.25, 0.3) is 0 Å². The lowest BCUT2D eigenvalue weighted by molar-refractivity contribution is -0.116. The van der Waals surface area contributed by atoms with Crippen molar-refractivity contribution in [1.82, 2.24) is 4.90 Å². The number of piperidine rings is 1. The highest BCUT2D eigenvalue weighted by atomic mass is 16.6. The van der Waals surface area contributed by atoms with Gasteiger partial charge in [-0.05, 0) is 81.4 Å². The number of benzene rings is 2. The average molecular weight is 439 g/mol. The summed E-state index contributed by atoms with van der Waals surface area (Å²) in [7, 11) is 0. The van der Waals surface area contributed by atoms with Gasteiger partial charge in [0.05, 0.1) is 6.61 Å². The number of nitrogens with zero attached hydrogens (tertiary/aromatic N) is 1. The molecule has 0 unspecified atom stereocenters. The molecule has 2 aliphatic rings. The van der Waals surface area contributed by atoms with Crippen molar-refractivity contribution < 1.29 is 19.0 Å². The Hall–Kier alpha value is -2.73. The topological polar surface area (TPSA) is 60.0 Å². The van der Waals surface area contributed by atoms with E-state index in [2.05, 4.69) is 34.5 Å². The van der Waals surface area contributed by atoms with Crippen LogP contribution in [0, 0.1) is 5.92 Å². The molecule has 2 aromatic carbocycles. The first-order chi connectivity index (χ1) is 15.7. The molecule has 0 radical (unpaired) electrons. The number of likely N-dealkylation sites (tertiary alicyclic amines) is 1. The molecule has 2 heterocycles. The van der Waals surface area contributed by atoms with E-state index >= 15 is 0 Å². The third kappa shape index (κ3) is 6.39. The van der Waals surface area contributed by atoms with Crippen LogP contribution < -0.4 is 19.5 Å². The molecule has 6 heteroatoms. The average Bonchev–Trinajstić information content (AvgIpc) is 2.83. The lowest BCUT2D eigenvalue weighted by atomic mass is 9.90. The standard InChI is InChI=1S/C26H34N2O4/c1-2-30-23-8-5-20(6-9-23)3-4-21-11-14-28(15-12-21)16-13-26(29)27-22-7-10-24-25(19-22)32-18-17-31-24/h5-10,19,21H,2-4,11-18H2,1H3,(H,27,29). The lowest BCUT2D eigenvalue weighted by Crippen LogP contribution is -2.35. The molecule has 1 N–H and O–H groups in total. The second-order valence-electron chi connectivity index (χ2n) is 8.56. The van der Waals surface area contributed by atoms with Gasteiger partial charge in [0.15, 0.2) is 11.5 Å². The zero-order valence-corrected chi connectivity index (χ0v) is 19.0. The van der Waals surface area contributed by atoms with Crippen LogP contribution in [0.15, 0.2) is 42.5 Å². The van der Waals surface area contributed by atoms with E-state index in [9.17, 15) is 4.79 Å². The summed E-state index contributed by atoms with van der Waals surface area (Å²) in [6.07, 6.45) is 5.27. The first-order valence-electron chi connectivity index (χ1n) is 11.8. The predicted octanol–water partition coefficient (Wildman–Crippen LogP) is 4.53. The van der Waals surface area contributed by atoms with Gasteiger partial charge in [0, 0.05) is 24.7 Å². The van der Waals surface area contributed by atoms with Gasteiger partial charge in [-0.25, -0.2) is 0 Å². The zero-order chi connectivity index (χ0) is 22.2. The number of rotatable bonds is 9. The highest BCUT2D eigenvalue weighted by molar-refractivity contribution is 5.91. The van der Waals surface area contributed by atoms with Crippen LogP contribution in [0.1, 0.15) is 38.2 Å². The van der Waals surface area contributed by atoms with E-state index in [0.29, 0.717) is 32.0 Å². The van der Waals surface area contributed by atoms with E-state index in [1.165, 1.54) is 24.8 Å². The minimum Gasteiger partial charge on any atom is -0.494 e. The molecule has 1 amide bonds. The van der Waals surface area contributed by atoms with Crippen LogP contribution in [0.3, 0.4) is 0 Å². The van der Waals surface area contributed by atoms with E-state index in [1.807, 2.05) is 25.1 Å². The monoisotopic (exact) mass is 438 g/mol. The van der Waals surface area contributed by atoms with Crippen molar-refractivity contribution in [2.75, 3.05) is 44.8 Å². The van der Waals surface area contributed by atoms with Crippen LogP contribution >= 0.6 is 0 Å².